The van der Waals surface area contributed by atoms with Crippen molar-refractivity contribution in [2.24, 2.45) is 0 Å². The number of esters is 1. The van der Waals surface area contributed by atoms with Crippen LogP contribution < -0.4 is 0 Å². The van der Waals surface area contributed by atoms with Gasteiger partial charge in [-0.15, -0.1) is 10.3 Å². The molecular weight excluding hydrogens is 751 g/mol. The fraction of sp³-hybridized carbons (Fsp3) is 0.857. The molecule has 0 aromatic rings. The van der Waals surface area contributed by atoms with Gasteiger partial charge in [-0.25, -0.2) is 4.79 Å². The van der Waals surface area contributed by atoms with Crippen LogP contribution in [0.2, 0.25) is 0 Å². The third-order valence-electron chi connectivity index (χ3n) is 6.76. The van der Waals surface area contributed by atoms with Crippen LogP contribution in [0, 0.1) is 0 Å². The minimum atomic E-state index is -9.50. The minimum absolute atomic E-state index is 0.0414. The molecule has 0 saturated carbocycles. The number of hydroxylamine groups is 2. The van der Waals surface area contributed by atoms with Crippen LogP contribution in [0.15, 0.2) is 11.6 Å². The van der Waals surface area contributed by atoms with Crippen molar-refractivity contribution in [1.82, 2.24) is 5.06 Å². The van der Waals surface area contributed by atoms with Crippen molar-refractivity contribution < 1.29 is 116 Å². The molecule has 48 heavy (non-hydrogen) atoms. The molecule has 1 radical (unpaired) electrons. The lowest BCUT2D eigenvalue weighted by Gasteiger charge is -2.45. The first-order chi connectivity index (χ1) is 20.4. The second-order valence-corrected chi connectivity index (χ2v) is 11.0. The van der Waals surface area contributed by atoms with Crippen molar-refractivity contribution in [2.75, 3.05) is 6.61 Å². The maximum Gasteiger partial charge on any atom is 0.460 e. The Kier molecular flexibility index (Phi) is 9.99. The number of ether oxygens (including phenoxy) is 1. The average Bonchev–Trinajstić information content (AvgIpc) is 3.04. The van der Waals surface area contributed by atoms with Gasteiger partial charge in [0, 0.05) is 0 Å². The zero-order valence-corrected chi connectivity index (χ0v) is 23.1. The molecule has 0 N–H and O–H groups in total. The molecule has 0 amide bonds. The lowest BCUT2D eigenvalue weighted by molar-refractivity contribution is -0.478. The standard InChI is InChI=1S/C21H15F23NO3/c1-9(2)5-7(10(3,4)45(9)47)8(46)48-6-11(22,23)12(24,25)13(26,27)14(28,29)15(30,31)16(32,33)17(34,35)18(36,37)19(38,39)20(40,41)21(42,43)44/h5H,6H2,1-4H3. The molecule has 1 aliphatic rings. The average molecular weight is 766 g/mol. The quantitative estimate of drug-likeness (QED) is 0.148. The number of halogens is 23. The predicted molar refractivity (Wildman–Crippen MR) is 105 cm³/mol. The van der Waals surface area contributed by atoms with E-state index in [1.807, 2.05) is 0 Å². The molecule has 1 aliphatic heterocycles. The Labute approximate surface area is 250 Å². The Morgan fingerprint density at radius 2 is 0.812 bits per heavy atom. The molecule has 0 fully saturated rings. The van der Waals surface area contributed by atoms with E-state index in [1.54, 1.807) is 0 Å². The summed E-state index contributed by atoms with van der Waals surface area (Å²) < 4.78 is 314. The van der Waals surface area contributed by atoms with Gasteiger partial charge >= 0.3 is 71.4 Å². The summed E-state index contributed by atoms with van der Waals surface area (Å²) in [5.41, 5.74) is -4.86. The van der Waals surface area contributed by atoms with Crippen LogP contribution in [0.1, 0.15) is 27.7 Å². The van der Waals surface area contributed by atoms with E-state index in [0.717, 1.165) is 27.7 Å². The Bertz CT molecular complexity index is 1280. The number of carbonyl (C=O) groups excluding carboxylic acids is 1. The second-order valence-electron chi connectivity index (χ2n) is 11.0. The molecule has 0 aliphatic carbocycles. The van der Waals surface area contributed by atoms with Gasteiger partial charge in [0.15, 0.2) is 6.61 Å². The molecule has 0 atom stereocenters. The molecular formula is C21H15F23NO3. The van der Waals surface area contributed by atoms with Gasteiger partial charge < -0.3 is 4.74 Å². The monoisotopic (exact) mass is 766 g/mol. The van der Waals surface area contributed by atoms with Crippen molar-refractivity contribution >= 4 is 5.97 Å². The summed E-state index contributed by atoms with van der Waals surface area (Å²) in [5.74, 6) is -91.4. The van der Waals surface area contributed by atoms with Crippen molar-refractivity contribution in [2.45, 2.75) is 104 Å². The van der Waals surface area contributed by atoms with Crippen LogP contribution in [0.5, 0.6) is 0 Å². The molecule has 1 heterocycles. The highest BCUT2D eigenvalue weighted by atomic mass is 19.4. The summed E-state index contributed by atoms with van der Waals surface area (Å²) in [7, 11) is 0. The van der Waals surface area contributed by atoms with Crippen LogP contribution in [0.4, 0.5) is 101 Å². The molecule has 0 unspecified atom stereocenters. The lowest BCUT2D eigenvalue weighted by Crippen LogP contribution is -2.77. The van der Waals surface area contributed by atoms with Gasteiger partial charge in [0.1, 0.15) is 0 Å². The van der Waals surface area contributed by atoms with Crippen molar-refractivity contribution in [3.63, 3.8) is 0 Å². The van der Waals surface area contributed by atoms with Gasteiger partial charge in [0.25, 0.3) is 0 Å². The Balaban J connectivity index is 3.66. The first-order valence-corrected chi connectivity index (χ1v) is 11.6. The number of hydrogen-bond acceptors (Lipinski definition) is 3. The van der Waals surface area contributed by atoms with Gasteiger partial charge in [-0.1, -0.05) is 0 Å². The lowest BCUT2D eigenvalue weighted by atomic mass is 9.85. The van der Waals surface area contributed by atoms with E-state index in [4.69, 9.17) is 0 Å². The van der Waals surface area contributed by atoms with Gasteiger partial charge in [-0.2, -0.15) is 101 Å². The van der Waals surface area contributed by atoms with Gasteiger partial charge in [-0.3, -0.25) is 0 Å². The molecule has 0 bridgehead atoms. The maximum absolute atomic E-state index is 14.1. The van der Waals surface area contributed by atoms with E-state index in [9.17, 15) is 111 Å². The maximum atomic E-state index is 14.1. The molecule has 27 heteroatoms. The molecule has 0 saturated heterocycles. The summed E-state index contributed by atoms with van der Waals surface area (Å²) in [4.78, 5) is 12.1. The minimum Gasteiger partial charge on any atom is -0.456 e. The molecule has 0 spiro atoms. The zero-order chi connectivity index (χ0) is 39.4. The predicted octanol–water partition coefficient (Wildman–Crippen LogP) is 8.59. The number of nitrogens with zero attached hydrogens (tertiary/aromatic N) is 1. The van der Waals surface area contributed by atoms with E-state index in [2.05, 4.69) is 4.74 Å². The normalized spacial score (nSPS) is 19.8. The second kappa shape index (κ2) is 11.0. The third kappa shape index (κ3) is 5.42. The van der Waals surface area contributed by atoms with E-state index in [1.165, 1.54) is 0 Å². The van der Waals surface area contributed by atoms with Crippen LogP contribution in [-0.4, -0.2) is 94.1 Å². The van der Waals surface area contributed by atoms with E-state index in [0.29, 0.717) is 6.08 Å². The third-order valence-corrected chi connectivity index (χ3v) is 6.76. The van der Waals surface area contributed by atoms with Gasteiger partial charge in [0.2, 0.25) is 0 Å². The molecule has 4 nitrogen and oxygen atoms in total. The SMILES string of the molecule is CC1(C)C=C(C(=O)OCC(F)(F)C(F)(F)C(F)(F)C(F)(F)C(F)(F)C(F)(F)C(F)(F)C(F)(F)C(F)(F)C(F)(F)C(F)(F)F)C(C)(C)N1[O]. The summed E-state index contributed by atoms with van der Waals surface area (Å²) in [6.07, 6.45) is -7.54. The number of alkyl halides is 23. The van der Waals surface area contributed by atoms with Crippen LogP contribution in [-0.2, 0) is 14.7 Å². The van der Waals surface area contributed by atoms with Crippen molar-refractivity contribution in [3.8, 4) is 0 Å². The largest absolute Gasteiger partial charge is 0.460 e. The summed E-state index contributed by atoms with van der Waals surface area (Å²) in [6, 6.07) is 0. The summed E-state index contributed by atoms with van der Waals surface area (Å²) in [6.45, 7) is 0.125. The number of hydrogen-bond donors (Lipinski definition) is 0. The fourth-order valence-corrected chi connectivity index (χ4v) is 3.84. The summed E-state index contributed by atoms with van der Waals surface area (Å²) >= 11 is 0. The highest BCUT2D eigenvalue weighted by Crippen LogP contribution is 2.67. The fourth-order valence-electron chi connectivity index (χ4n) is 3.84. The smallest absolute Gasteiger partial charge is 0.456 e. The highest BCUT2D eigenvalue weighted by Gasteiger charge is 2.98. The van der Waals surface area contributed by atoms with E-state index < -0.39 is 94.6 Å². The molecule has 283 valence electrons. The molecule has 0 aromatic heterocycles. The van der Waals surface area contributed by atoms with E-state index in [-0.39, 0.29) is 5.06 Å². The first-order valence-electron chi connectivity index (χ1n) is 11.6. The van der Waals surface area contributed by atoms with Crippen molar-refractivity contribution in [3.05, 3.63) is 11.6 Å². The zero-order valence-electron chi connectivity index (χ0n) is 23.1. The van der Waals surface area contributed by atoms with Crippen molar-refractivity contribution in [1.29, 1.82) is 0 Å². The first kappa shape index (κ1) is 43.5. The van der Waals surface area contributed by atoms with Crippen LogP contribution in [0.3, 0.4) is 0 Å². The topological polar surface area (TPSA) is 49.4 Å². The summed E-state index contributed by atoms with van der Waals surface area (Å²) in [5, 5.41) is 12.2. The number of carbonyl (C=O) groups is 1. The molecule has 1 rings (SSSR count). The van der Waals surface area contributed by atoms with E-state index >= 15 is 0 Å². The van der Waals surface area contributed by atoms with Gasteiger partial charge in [-0.05, 0) is 33.8 Å². The Hall–Kier alpha value is -2.48. The Morgan fingerprint density at radius 3 is 1.06 bits per heavy atom. The number of rotatable bonds is 12. The Morgan fingerprint density at radius 1 is 0.542 bits per heavy atom. The van der Waals surface area contributed by atoms with Gasteiger partial charge in [0.05, 0.1) is 16.7 Å². The van der Waals surface area contributed by atoms with Crippen LogP contribution >= 0.6 is 0 Å². The highest BCUT2D eigenvalue weighted by molar-refractivity contribution is 5.92. The van der Waals surface area contributed by atoms with Crippen LogP contribution in [0.25, 0.3) is 0 Å². The molecule has 0 aromatic carbocycles.